The van der Waals surface area contributed by atoms with Crippen LogP contribution in [0.5, 0.6) is 5.75 Å². The van der Waals surface area contributed by atoms with Gasteiger partial charge in [0.1, 0.15) is 5.75 Å². The lowest BCUT2D eigenvalue weighted by atomic mass is 9.92. The van der Waals surface area contributed by atoms with Gasteiger partial charge < -0.3 is 10.4 Å². The molecule has 4 rings (SSSR count). The Morgan fingerprint density at radius 1 is 1.10 bits per heavy atom. The molecule has 0 saturated heterocycles. The Labute approximate surface area is 123 Å². The summed E-state index contributed by atoms with van der Waals surface area (Å²) >= 11 is 0. The van der Waals surface area contributed by atoms with Gasteiger partial charge in [-0.05, 0) is 60.1 Å². The van der Waals surface area contributed by atoms with Gasteiger partial charge in [-0.25, -0.2) is 0 Å². The quantitative estimate of drug-likeness (QED) is 0.829. The molecule has 1 amide bonds. The Hall–Kier alpha value is -2.29. The lowest BCUT2D eigenvalue weighted by Crippen LogP contribution is -2.15. The van der Waals surface area contributed by atoms with Crippen molar-refractivity contribution in [2.45, 2.75) is 18.8 Å². The van der Waals surface area contributed by atoms with E-state index in [1.807, 2.05) is 0 Å². The Bertz CT molecular complexity index is 693. The normalized spacial score (nSPS) is 25.6. The van der Waals surface area contributed by atoms with Crippen LogP contribution in [0.4, 0.5) is 5.69 Å². The van der Waals surface area contributed by atoms with E-state index >= 15 is 0 Å². The van der Waals surface area contributed by atoms with E-state index in [-0.39, 0.29) is 17.6 Å². The zero-order chi connectivity index (χ0) is 14.4. The lowest BCUT2D eigenvalue weighted by molar-refractivity contribution is -0.117. The zero-order valence-electron chi connectivity index (χ0n) is 11.6. The molecule has 2 aliphatic rings. The van der Waals surface area contributed by atoms with Gasteiger partial charge in [0.15, 0.2) is 0 Å². The molecule has 0 spiro atoms. The van der Waals surface area contributed by atoms with E-state index < -0.39 is 0 Å². The Morgan fingerprint density at radius 3 is 2.67 bits per heavy atom. The molecule has 3 nitrogen and oxygen atoms in total. The van der Waals surface area contributed by atoms with E-state index in [2.05, 4.69) is 29.6 Å². The van der Waals surface area contributed by atoms with Crippen molar-refractivity contribution in [2.75, 3.05) is 5.32 Å². The zero-order valence-corrected chi connectivity index (χ0v) is 11.6. The number of amides is 1. The van der Waals surface area contributed by atoms with Crippen molar-refractivity contribution in [3.63, 3.8) is 0 Å². The minimum atomic E-state index is 0.0995. The Morgan fingerprint density at radius 2 is 1.86 bits per heavy atom. The number of carbonyl (C=O) groups excluding carboxylic acids is 1. The number of phenolic OH excluding ortho intramolecular Hbond substituents is 1. The molecule has 0 heterocycles. The number of nitrogens with one attached hydrogen (secondary N) is 1. The second-order valence-corrected chi connectivity index (χ2v) is 5.99. The highest BCUT2D eigenvalue weighted by molar-refractivity contribution is 5.96. The van der Waals surface area contributed by atoms with Gasteiger partial charge in [0.25, 0.3) is 0 Å². The van der Waals surface area contributed by atoms with Gasteiger partial charge in [-0.3, -0.25) is 4.79 Å². The minimum absolute atomic E-state index is 0.0995. The second kappa shape index (κ2) is 4.62. The number of fused-ring (bicyclic) bond motifs is 3. The predicted molar refractivity (Wildman–Crippen MR) is 81.2 cm³/mol. The van der Waals surface area contributed by atoms with Crippen LogP contribution in [0.2, 0.25) is 0 Å². The highest BCUT2D eigenvalue weighted by Gasteiger charge is 2.56. The number of carbonyl (C=O) groups is 1. The third-order valence-corrected chi connectivity index (χ3v) is 4.77. The summed E-state index contributed by atoms with van der Waals surface area (Å²) in [4.78, 5) is 12.5. The Kier molecular flexibility index (Phi) is 2.74. The van der Waals surface area contributed by atoms with E-state index in [1.165, 1.54) is 11.1 Å². The minimum Gasteiger partial charge on any atom is -0.508 e. The van der Waals surface area contributed by atoms with Crippen molar-refractivity contribution in [3.05, 3.63) is 59.7 Å². The number of aryl methyl sites for hydroxylation is 1. The molecule has 2 N–H and O–H groups in total. The first-order valence-corrected chi connectivity index (χ1v) is 7.42. The van der Waals surface area contributed by atoms with Crippen molar-refractivity contribution >= 4 is 11.6 Å². The average Bonchev–Trinajstić information content (AvgIpc) is 3.25. The number of aromatic hydroxyl groups is 1. The van der Waals surface area contributed by atoms with Gasteiger partial charge >= 0.3 is 0 Å². The molecular formula is C18H17NO2. The summed E-state index contributed by atoms with van der Waals surface area (Å²) in [5.41, 5.74) is 3.51. The number of phenols is 1. The van der Waals surface area contributed by atoms with E-state index in [9.17, 15) is 9.90 Å². The molecule has 3 unspecified atom stereocenters. The van der Waals surface area contributed by atoms with Crippen molar-refractivity contribution in [1.82, 2.24) is 0 Å². The number of benzene rings is 2. The summed E-state index contributed by atoms with van der Waals surface area (Å²) in [5.74, 6) is 1.31. The summed E-state index contributed by atoms with van der Waals surface area (Å²) in [5, 5.41) is 12.2. The maximum Gasteiger partial charge on any atom is 0.228 e. The molecular weight excluding hydrogens is 262 g/mol. The smallest absolute Gasteiger partial charge is 0.228 e. The van der Waals surface area contributed by atoms with Crippen LogP contribution in [0, 0.1) is 11.8 Å². The molecule has 3 atom stereocenters. The molecule has 0 bridgehead atoms. The summed E-state index contributed by atoms with van der Waals surface area (Å²) in [6, 6.07) is 15.1. The van der Waals surface area contributed by atoms with Crippen molar-refractivity contribution in [2.24, 2.45) is 11.8 Å². The molecule has 2 aromatic rings. The van der Waals surface area contributed by atoms with E-state index in [4.69, 9.17) is 0 Å². The van der Waals surface area contributed by atoms with Gasteiger partial charge in [-0.2, -0.15) is 0 Å². The molecule has 106 valence electrons. The van der Waals surface area contributed by atoms with Gasteiger partial charge in [-0.1, -0.05) is 24.3 Å². The molecule has 2 aliphatic carbocycles. The Balaban J connectivity index is 1.52. The third-order valence-electron chi connectivity index (χ3n) is 4.77. The highest BCUT2D eigenvalue weighted by atomic mass is 16.3. The molecule has 3 heteroatoms. The maximum atomic E-state index is 12.5. The van der Waals surface area contributed by atoms with Crippen molar-refractivity contribution in [1.29, 1.82) is 0 Å². The standard InChI is InChI=1S/C18H17NO2/c20-13-8-6-12(7-9-13)19-18(21)17-15-10-5-11-3-1-2-4-14(11)16(15)17/h1-4,6-9,15-17,20H,5,10H2,(H,19,21). The first-order chi connectivity index (χ1) is 10.2. The lowest BCUT2D eigenvalue weighted by Gasteiger charge is -2.13. The molecule has 21 heavy (non-hydrogen) atoms. The van der Waals surface area contributed by atoms with E-state index in [1.54, 1.807) is 24.3 Å². The molecule has 1 fully saturated rings. The number of rotatable bonds is 2. The fourth-order valence-corrected chi connectivity index (χ4v) is 3.69. The topological polar surface area (TPSA) is 49.3 Å². The van der Waals surface area contributed by atoms with Crippen LogP contribution in [-0.4, -0.2) is 11.0 Å². The van der Waals surface area contributed by atoms with Crippen molar-refractivity contribution < 1.29 is 9.90 Å². The fraction of sp³-hybridized carbons (Fsp3) is 0.278. The summed E-state index contributed by atoms with van der Waals surface area (Å²) < 4.78 is 0. The SMILES string of the molecule is O=C(Nc1ccc(O)cc1)C1C2CCc3ccccc3C21. The number of anilines is 1. The molecule has 0 aromatic heterocycles. The third kappa shape index (κ3) is 2.09. The first-order valence-electron chi connectivity index (χ1n) is 7.42. The van der Waals surface area contributed by atoms with Crippen LogP contribution < -0.4 is 5.32 Å². The van der Waals surface area contributed by atoms with Crippen LogP contribution in [0.3, 0.4) is 0 Å². The first kappa shape index (κ1) is 12.5. The molecule has 1 saturated carbocycles. The summed E-state index contributed by atoms with van der Waals surface area (Å²) in [7, 11) is 0. The summed E-state index contributed by atoms with van der Waals surface area (Å²) in [6.45, 7) is 0. The maximum absolute atomic E-state index is 12.5. The van der Waals surface area contributed by atoms with E-state index in [0.29, 0.717) is 11.8 Å². The summed E-state index contributed by atoms with van der Waals surface area (Å²) in [6.07, 6.45) is 2.19. The molecule has 2 aromatic carbocycles. The van der Waals surface area contributed by atoms with E-state index in [0.717, 1.165) is 18.5 Å². The fourth-order valence-electron chi connectivity index (χ4n) is 3.69. The van der Waals surface area contributed by atoms with Gasteiger partial charge in [-0.15, -0.1) is 0 Å². The highest BCUT2D eigenvalue weighted by Crippen LogP contribution is 2.60. The van der Waals surface area contributed by atoms with Gasteiger partial charge in [0.2, 0.25) is 5.91 Å². The second-order valence-electron chi connectivity index (χ2n) is 5.99. The number of hydrogen-bond acceptors (Lipinski definition) is 2. The van der Waals surface area contributed by atoms with Crippen LogP contribution >= 0.6 is 0 Å². The van der Waals surface area contributed by atoms with Crippen LogP contribution in [-0.2, 0) is 11.2 Å². The average molecular weight is 279 g/mol. The van der Waals surface area contributed by atoms with Gasteiger partial charge in [0, 0.05) is 11.6 Å². The molecule has 0 aliphatic heterocycles. The van der Waals surface area contributed by atoms with Crippen LogP contribution in [0.25, 0.3) is 0 Å². The van der Waals surface area contributed by atoms with Gasteiger partial charge in [0.05, 0.1) is 0 Å². The predicted octanol–water partition coefficient (Wildman–Crippen LogP) is 3.31. The number of hydrogen-bond donors (Lipinski definition) is 2. The monoisotopic (exact) mass is 279 g/mol. The van der Waals surface area contributed by atoms with Crippen LogP contribution in [0.1, 0.15) is 23.5 Å². The molecule has 0 radical (unpaired) electrons. The van der Waals surface area contributed by atoms with Crippen LogP contribution in [0.15, 0.2) is 48.5 Å². The largest absolute Gasteiger partial charge is 0.508 e. The van der Waals surface area contributed by atoms with Crippen molar-refractivity contribution in [3.8, 4) is 5.75 Å².